The predicted molar refractivity (Wildman–Crippen MR) is 99.2 cm³/mol. The van der Waals surface area contributed by atoms with Gasteiger partial charge in [-0.2, -0.15) is 0 Å². The fraction of sp³-hybridized carbons (Fsp3) is 0.650. The second kappa shape index (κ2) is 8.73. The third-order valence-corrected chi connectivity index (χ3v) is 5.86. The van der Waals surface area contributed by atoms with E-state index < -0.39 is 0 Å². The molecule has 0 spiro atoms. The van der Waals surface area contributed by atoms with Crippen LogP contribution >= 0.6 is 0 Å². The molecule has 1 amide bonds. The summed E-state index contributed by atoms with van der Waals surface area (Å²) in [7, 11) is 3.19. The Morgan fingerprint density at radius 1 is 1.08 bits per heavy atom. The molecule has 0 unspecified atom stereocenters. The van der Waals surface area contributed by atoms with Crippen molar-refractivity contribution >= 4 is 5.91 Å². The molecule has 1 aromatic carbocycles. The highest BCUT2D eigenvalue weighted by Crippen LogP contribution is 2.26. The summed E-state index contributed by atoms with van der Waals surface area (Å²) in [5.41, 5.74) is 0.713. The number of quaternary nitrogens is 1. The van der Waals surface area contributed by atoms with Crippen LogP contribution in [0.2, 0.25) is 0 Å². The second-order valence-corrected chi connectivity index (χ2v) is 7.34. The van der Waals surface area contributed by atoms with Crippen LogP contribution in [0.1, 0.15) is 42.5 Å². The molecule has 6 nitrogen and oxygen atoms in total. The van der Waals surface area contributed by atoms with E-state index in [4.69, 9.17) is 14.2 Å². The maximum atomic E-state index is 12.8. The van der Waals surface area contributed by atoms with Crippen molar-refractivity contribution in [2.24, 2.45) is 0 Å². The average Bonchev–Trinajstić information content (AvgIpc) is 2.72. The van der Waals surface area contributed by atoms with E-state index in [0.717, 1.165) is 26.3 Å². The zero-order valence-electron chi connectivity index (χ0n) is 15.9. The van der Waals surface area contributed by atoms with Crippen LogP contribution in [0.15, 0.2) is 18.2 Å². The van der Waals surface area contributed by atoms with Crippen LogP contribution in [0.4, 0.5) is 0 Å². The van der Waals surface area contributed by atoms with Gasteiger partial charge in [-0.1, -0.05) is 6.42 Å². The molecule has 26 heavy (non-hydrogen) atoms. The lowest BCUT2D eigenvalue weighted by atomic mass is 9.79. The summed E-state index contributed by atoms with van der Waals surface area (Å²) in [6.45, 7) is 4.41. The van der Waals surface area contributed by atoms with Gasteiger partial charge in [-0.05, 0) is 25.0 Å². The highest BCUT2D eigenvalue weighted by molar-refractivity contribution is 5.95. The summed E-state index contributed by atoms with van der Waals surface area (Å²) in [5.74, 6) is 1.18. The Bertz CT molecular complexity index is 586. The van der Waals surface area contributed by atoms with E-state index in [1.54, 1.807) is 37.3 Å². The predicted octanol–water partition coefficient (Wildman–Crippen LogP) is 1.05. The van der Waals surface area contributed by atoms with E-state index in [2.05, 4.69) is 5.32 Å². The highest BCUT2D eigenvalue weighted by Gasteiger charge is 2.42. The quantitative estimate of drug-likeness (QED) is 0.793. The number of hydrogen-bond acceptors (Lipinski definition) is 4. The van der Waals surface area contributed by atoms with Crippen LogP contribution in [0.5, 0.6) is 11.5 Å². The molecule has 1 heterocycles. The van der Waals surface area contributed by atoms with Gasteiger partial charge >= 0.3 is 0 Å². The van der Waals surface area contributed by atoms with Crippen molar-refractivity contribution < 1.29 is 23.9 Å². The monoisotopic (exact) mass is 363 g/mol. The maximum Gasteiger partial charge on any atom is 0.251 e. The van der Waals surface area contributed by atoms with Crippen molar-refractivity contribution in [1.29, 1.82) is 0 Å². The Morgan fingerprint density at radius 3 is 2.27 bits per heavy atom. The van der Waals surface area contributed by atoms with E-state index in [1.807, 2.05) is 0 Å². The molecule has 2 aliphatic rings. The van der Waals surface area contributed by atoms with Crippen molar-refractivity contribution in [1.82, 2.24) is 5.32 Å². The third-order valence-electron chi connectivity index (χ3n) is 5.86. The molecule has 1 aliphatic carbocycles. The Balaban J connectivity index is 1.71. The topological polar surface area (TPSA) is 61.2 Å². The first-order valence-electron chi connectivity index (χ1n) is 9.61. The number of amides is 1. The zero-order valence-corrected chi connectivity index (χ0v) is 15.9. The Hall–Kier alpha value is -1.79. The van der Waals surface area contributed by atoms with E-state index in [-0.39, 0.29) is 11.4 Å². The SMILES string of the molecule is COc1cc(OC)cc(C(=O)NCC2([NH+]3CCOCC3)CCCCC2)c1. The number of ether oxygens (including phenoxy) is 3. The van der Waals surface area contributed by atoms with Gasteiger partial charge in [0.15, 0.2) is 0 Å². The van der Waals surface area contributed by atoms with E-state index >= 15 is 0 Å². The summed E-state index contributed by atoms with van der Waals surface area (Å²) in [5, 5.41) is 3.20. The van der Waals surface area contributed by atoms with Crippen molar-refractivity contribution in [2.45, 2.75) is 37.6 Å². The van der Waals surface area contributed by atoms with Crippen molar-refractivity contribution in [2.75, 3.05) is 47.1 Å². The maximum absolute atomic E-state index is 12.8. The van der Waals surface area contributed by atoms with E-state index in [9.17, 15) is 4.79 Å². The Kier molecular flexibility index (Phi) is 6.38. The highest BCUT2D eigenvalue weighted by atomic mass is 16.5. The Morgan fingerprint density at radius 2 is 1.69 bits per heavy atom. The van der Waals surface area contributed by atoms with Crippen LogP contribution in [-0.4, -0.2) is 58.5 Å². The first kappa shape index (κ1) is 19.0. The molecule has 144 valence electrons. The van der Waals surface area contributed by atoms with E-state index in [0.29, 0.717) is 23.6 Å². The molecule has 1 saturated heterocycles. The number of methoxy groups -OCH3 is 2. The van der Waals surface area contributed by atoms with Crippen LogP contribution in [0, 0.1) is 0 Å². The minimum atomic E-state index is -0.0696. The van der Waals surface area contributed by atoms with Crippen molar-refractivity contribution in [3.05, 3.63) is 23.8 Å². The Labute approximate surface area is 155 Å². The number of carbonyl (C=O) groups is 1. The largest absolute Gasteiger partial charge is 0.497 e. The summed E-state index contributed by atoms with van der Waals surface area (Å²) >= 11 is 0. The number of hydrogen-bond donors (Lipinski definition) is 2. The second-order valence-electron chi connectivity index (χ2n) is 7.34. The molecule has 0 radical (unpaired) electrons. The fourth-order valence-electron chi connectivity index (χ4n) is 4.32. The van der Waals surface area contributed by atoms with Gasteiger partial charge in [0.1, 0.15) is 30.1 Å². The lowest BCUT2D eigenvalue weighted by Crippen LogP contribution is -3.23. The van der Waals surface area contributed by atoms with Gasteiger partial charge < -0.3 is 24.4 Å². The van der Waals surface area contributed by atoms with Crippen LogP contribution < -0.4 is 19.7 Å². The summed E-state index contributed by atoms with van der Waals surface area (Å²) in [6.07, 6.45) is 6.13. The first-order chi connectivity index (χ1) is 12.7. The number of morpholine rings is 1. The van der Waals surface area contributed by atoms with Crippen LogP contribution in [0.3, 0.4) is 0 Å². The fourth-order valence-corrected chi connectivity index (χ4v) is 4.32. The lowest BCUT2D eigenvalue weighted by molar-refractivity contribution is -0.960. The van der Waals surface area contributed by atoms with Crippen LogP contribution in [-0.2, 0) is 4.74 Å². The molecular formula is C20H31N2O4+. The number of carbonyl (C=O) groups excluding carboxylic acids is 1. The summed E-state index contributed by atoms with van der Waals surface area (Å²) < 4.78 is 16.1. The molecular weight excluding hydrogens is 332 g/mol. The van der Waals surface area contributed by atoms with Gasteiger partial charge in [-0.25, -0.2) is 0 Å². The zero-order chi connectivity index (χ0) is 18.4. The number of rotatable bonds is 6. The first-order valence-corrected chi connectivity index (χ1v) is 9.61. The van der Waals surface area contributed by atoms with E-state index in [1.165, 1.54) is 32.1 Å². The molecule has 1 saturated carbocycles. The number of benzene rings is 1. The minimum Gasteiger partial charge on any atom is -0.497 e. The molecule has 0 aromatic heterocycles. The van der Waals surface area contributed by atoms with Gasteiger partial charge in [-0.3, -0.25) is 4.79 Å². The molecule has 2 N–H and O–H groups in total. The van der Waals surface area contributed by atoms with Gasteiger partial charge in [-0.15, -0.1) is 0 Å². The summed E-state index contributed by atoms with van der Waals surface area (Å²) in [6, 6.07) is 5.29. The van der Waals surface area contributed by atoms with Crippen LogP contribution in [0.25, 0.3) is 0 Å². The molecule has 1 aromatic rings. The van der Waals surface area contributed by atoms with Gasteiger partial charge in [0.25, 0.3) is 5.91 Å². The molecule has 1 aliphatic heterocycles. The smallest absolute Gasteiger partial charge is 0.251 e. The van der Waals surface area contributed by atoms with Crippen molar-refractivity contribution in [3.8, 4) is 11.5 Å². The van der Waals surface area contributed by atoms with Gasteiger partial charge in [0, 0.05) is 24.5 Å². The third kappa shape index (κ3) is 4.30. The van der Waals surface area contributed by atoms with Gasteiger partial charge in [0.2, 0.25) is 0 Å². The standard InChI is InChI=1S/C20H30N2O4/c1-24-17-12-16(13-18(14-17)25-2)19(23)21-15-20(6-4-3-5-7-20)22-8-10-26-11-9-22/h12-14H,3-11,15H2,1-2H3,(H,21,23)/p+1. The molecule has 6 heteroatoms. The lowest BCUT2D eigenvalue weighted by Gasteiger charge is -2.45. The van der Waals surface area contributed by atoms with Crippen molar-refractivity contribution in [3.63, 3.8) is 0 Å². The average molecular weight is 363 g/mol. The molecule has 3 rings (SSSR count). The molecule has 0 atom stereocenters. The minimum absolute atomic E-state index is 0.0696. The summed E-state index contributed by atoms with van der Waals surface area (Å²) in [4.78, 5) is 14.4. The van der Waals surface area contributed by atoms with Gasteiger partial charge in [0.05, 0.1) is 34.0 Å². The molecule has 0 bridgehead atoms. The number of nitrogens with one attached hydrogen (secondary N) is 2. The normalized spacial score (nSPS) is 20.4. The molecule has 2 fully saturated rings.